The number of nitrogen functional groups attached to an aromatic ring is 1. The number of likely N-dealkylation sites (tertiary alicyclic amines) is 2. The van der Waals surface area contributed by atoms with Gasteiger partial charge < -0.3 is 29.7 Å². The number of amides is 1. The van der Waals surface area contributed by atoms with Gasteiger partial charge in [-0.3, -0.25) is 9.69 Å². The first-order valence-electron chi connectivity index (χ1n) is 15.5. The van der Waals surface area contributed by atoms with Crippen molar-refractivity contribution < 1.29 is 27.8 Å². The van der Waals surface area contributed by atoms with E-state index in [1.165, 1.54) is 18.2 Å². The predicted octanol–water partition coefficient (Wildman–Crippen LogP) is 4.58. The maximum absolute atomic E-state index is 16.9. The van der Waals surface area contributed by atoms with Crippen LogP contribution in [0.15, 0.2) is 36.9 Å². The smallest absolute Gasteiger partial charge is 0.319 e. The van der Waals surface area contributed by atoms with Crippen LogP contribution in [0.2, 0.25) is 0 Å². The Labute approximate surface area is 281 Å². The number of nitrogens with zero attached hydrogens (tertiary/aromatic N) is 6. The molecule has 2 fully saturated rings. The number of carbonyl (C=O) groups is 1. The molecule has 0 bridgehead atoms. The number of aromatic nitrogens is 2. The number of nitriles is 1. The molecule has 11 nitrogen and oxygen atoms in total. The van der Waals surface area contributed by atoms with Gasteiger partial charge in [0.25, 0.3) is 0 Å². The van der Waals surface area contributed by atoms with Crippen LogP contribution in [0.25, 0.3) is 32.1 Å². The number of benzene rings is 2. The molecule has 1 amide bonds. The second kappa shape index (κ2) is 13.6. The summed E-state index contributed by atoms with van der Waals surface area (Å²) in [5, 5.41) is 10.7. The monoisotopic (exact) mass is 677 g/mol. The first kappa shape index (κ1) is 33.5. The number of methoxy groups -OCH3 is 2. The Morgan fingerprint density at radius 1 is 1.23 bits per heavy atom. The summed E-state index contributed by atoms with van der Waals surface area (Å²) in [5.41, 5.74) is 6.60. The number of anilines is 2. The van der Waals surface area contributed by atoms with Crippen molar-refractivity contribution in [1.29, 1.82) is 5.26 Å². The van der Waals surface area contributed by atoms with E-state index in [9.17, 15) is 14.4 Å². The molecule has 2 N–H and O–H groups in total. The van der Waals surface area contributed by atoms with E-state index in [4.69, 9.17) is 24.9 Å². The Hall–Kier alpha value is -4.42. The molecule has 2 aliphatic heterocycles. The second-order valence-electron chi connectivity index (χ2n) is 12.1. The van der Waals surface area contributed by atoms with Crippen molar-refractivity contribution in [3.8, 4) is 23.2 Å². The van der Waals surface area contributed by atoms with Crippen LogP contribution in [0.1, 0.15) is 18.4 Å². The molecular formula is C34H37F2N7O4S. The van der Waals surface area contributed by atoms with E-state index < -0.39 is 11.6 Å². The lowest BCUT2D eigenvalue weighted by Gasteiger charge is -2.33. The molecule has 2 saturated heterocycles. The number of carbonyl (C=O) groups excluding carboxylic acids is 1. The third kappa shape index (κ3) is 5.81. The predicted molar refractivity (Wildman–Crippen MR) is 181 cm³/mol. The van der Waals surface area contributed by atoms with Crippen LogP contribution >= 0.6 is 11.3 Å². The van der Waals surface area contributed by atoms with E-state index in [1.807, 2.05) is 25.1 Å². The summed E-state index contributed by atoms with van der Waals surface area (Å²) in [6.07, 6.45) is 2.72. The zero-order chi connectivity index (χ0) is 34.3. The van der Waals surface area contributed by atoms with Gasteiger partial charge in [0.1, 0.15) is 34.8 Å². The summed E-state index contributed by atoms with van der Waals surface area (Å²) < 4.78 is 49.1. The highest BCUT2D eigenvalue weighted by Crippen LogP contribution is 2.43. The number of ether oxygens (including phenoxy) is 3. The molecule has 14 heteroatoms. The molecule has 6 rings (SSSR count). The van der Waals surface area contributed by atoms with Crippen LogP contribution in [-0.2, 0) is 14.3 Å². The highest BCUT2D eigenvalue weighted by molar-refractivity contribution is 7.23. The number of rotatable bonds is 10. The van der Waals surface area contributed by atoms with Gasteiger partial charge in [-0.05, 0) is 43.7 Å². The summed E-state index contributed by atoms with van der Waals surface area (Å²) in [5.74, 6) is -1.02. The summed E-state index contributed by atoms with van der Waals surface area (Å²) in [4.78, 5) is 27.8. The van der Waals surface area contributed by atoms with Gasteiger partial charge in [-0.2, -0.15) is 15.2 Å². The summed E-state index contributed by atoms with van der Waals surface area (Å²) in [6.45, 7) is 5.41. The Morgan fingerprint density at radius 2 is 2.00 bits per heavy atom. The fourth-order valence-electron chi connectivity index (χ4n) is 6.97. The van der Waals surface area contributed by atoms with Gasteiger partial charge >= 0.3 is 6.01 Å². The third-order valence-corrected chi connectivity index (χ3v) is 10.5. The molecule has 0 spiro atoms. The topological polar surface area (TPSA) is 130 Å². The number of hydrogen-bond acceptors (Lipinski definition) is 11. The number of nitrogens with two attached hydrogens (primary N) is 1. The van der Waals surface area contributed by atoms with Crippen molar-refractivity contribution in [2.24, 2.45) is 0 Å². The minimum Gasteiger partial charge on any atom is -0.462 e. The Balaban J connectivity index is 1.48. The van der Waals surface area contributed by atoms with Crippen LogP contribution in [0.5, 0.6) is 6.01 Å². The fraction of sp³-hybridized carbons (Fsp3) is 0.412. The average molecular weight is 678 g/mol. The number of fused-ring (bicyclic) bond motifs is 2. The lowest BCUT2D eigenvalue weighted by molar-refractivity contribution is -0.127. The van der Waals surface area contributed by atoms with E-state index >= 15 is 4.39 Å². The highest BCUT2D eigenvalue weighted by Gasteiger charge is 2.40. The number of likely N-dealkylation sites (N-methyl/N-ethyl adjacent to an activating group) is 2. The minimum absolute atomic E-state index is 0.00612. The first-order chi connectivity index (χ1) is 23.1. The SMILES string of the molecule is C=CC(=O)N1CCC(N(C)c2nc(OCC3CC(OC)CN3C)nc3c(F)c(-c4ccc(F)c5sc(N)c(C#N)c45)ccc23)C1COC. The maximum atomic E-state index is 16.9. The molecule has 252 valence electrons. The van der Waals surface area contributed by atoms with E-state index in [0.29, 0.717) is 29.7 Å². The van der Waals surface area contributed by atoms with Gasteiger partial charge in [0, 0.05) is 56.7 Å². The standard InChI is InChI=1S/C34H37F2N7O4S/c1-6-27(44)43-12-11-25(26(43)17-45-4)42(3)33-22-8-7-21(20-9-10-24(35)31-28(20)23(14-37)32(38)48-31)29(36)30(22)39-34(40-33)47-16-18-13-19(46-5)15-41(18)2/h6-10,18-19,25-26H,1,11-13,15-17,38H2,2-5H3. The van der Waals surface area contributed by atoms with E-state index in [-0.39, 0.29) is 81.1 Å². The van der Waals surface area contributed by atoms with Crippen molar-refractivity contribution in [2.45, 2.75) is 37.1 Å². The van der Waals surface area contributed by atoms with Crippen LogP contribution in [0, 0.1) is 23.0 Å². The van der Waals surface area contributed by atoms with E-state index in [2.05, 4.69) is 16.5 Å². The second-order valence-corrected chi connectivity index (χ2v) is 13.2. The lowest BCUT2D eigenvalue weighted by Crippen LogP contribution is -2.48. The van der Waals surface area contributed by atoms with Crippen LogP contribution in [-0.4, -0.2) is 105 Å². The average Bonchev–Trinajstić information content (AvgIpc) is 3.78. The van der Waals surface area contributed by atoms with Crippen molar-refractivity contribution in [3.05, 3.63) is 54.1 Å². The van der Waals surface area contributed by atoms with E-state index in [0.717, 1.165) is 24.3 Å². The third-order valence-electron chi connectivity index (χ3n) is 9.51. The molecule has 4 unspecified atom stereocenters. The molecule has 0 aliphatic carbocycles. The number of thiophene rings is 1. The molecule has 0 radical (unpaired) electrons. The first-order valence-corrected chi connectivity index (χ1v) is 16.3. The Bertz CT molecular complexity index is 1930. The van der Waals surface area contributed by atoms with Gasteiger partial charge in [-0.1, -0.05) is 18.7 Å². The fourth-order valence-corrected chi connectivity index (χ4v) is 7.92. The van der Waals surface area contributed by atoms with Gasteiger partial charge in [-0.25, -0.2) is 8.78 Å². The molecule has 48 heavy (non-hydrogen) atoms. The van der Waals surface area contributed by atoms with Crippen LogP contribution in [0.3, 0.4) is 0 Å². The molecular weight excluding hydrogens is 640 g/mol. The Morgan fingerprint density at radius 3 is 2.69 bits per heavy atom. The highest BCUT2D eigenvalue weighted by atomic mass is 32.1. The van der Waals surface area contributed by atoms with Gasteiger partial charge in [0.05, 0.1) is 35.1 Å². The van der Waals surface area contributed by atoms with Crippen LogP contribution in [0.4, 0.5) is 19.6 Å². The molecule has 2 aromatic heterocycles. The minimum atomic E-state index is -0.684. The van der Waals surface area contributed by atoms with Crippen molar-refractivity contribution >= 4 is 49.1 Å². The van der Waals surface area contributed by atoms with E-state index in [1.54, 1.807) is 31.3 Å². The van der Waals surface area contributed by atoms with Gasteiger partial charge in [-0.15, -0.1) is 11.3 Å². The molecule has 4 heterocycles. The van der Waals surface area contributed by atoms with Crippen LogP contribution < -0.4 is 15.4 Å². The number of hydrogen-bond donors (Lipinski definition) is 1. The zero-order valence-corrected chi connectivity index (χ0v) is 28.0. The lowest BCUT2D eigenvalue weighted by atomic mass is 9.97. The summed E-state index contributed by atoms with van der Waals surface area (Å²) >= 11 is 0.948. The zero-order valence-electron chi connectivity index (χ0n) is 27.2. The molecule has 2 aliphatic rings. The van der Waals surface area contributed by atoms with Crippen molar-refractivity contribution in [1.82, 2.24) is 19.8 Å². The largest absolute Gasteiger partial charge is 0.462 e. The molecule has 4 atom stereocenters. The Kier molecular flexibility index (Phi) is 9.48. The normalized spacial score (nSPS) is 21.2. The molecule has 0 saturated carbocycles. The quantitative estimate of drug-likeness (QED) is 0.238. The van der Waals surface area contributed by atoms with Crippen molar-refractivity contribution in [2.75, 3.05) is 65.3 Å². The number of halogens is 2. The van der Waals surface area contributed by atoms with Gasteiger partial charge in [0.15, 0.2) is 5.82 Å². The summed E-state index contributed by atoms with van der Waals surface area (Å²) in [6, 6.07) is 7.49. The maximum Gasteiger partial charge on any atom is 0.319 e. The van der Waals surface area contributed by atoms with Gasteiger partial charge in [0.2, 0.25) is 5.91 Å². The molecule has 2 aromatic carbocycles. The van der Waals surface area contributed by atoms with Crippen molar-refractivity contribution in [3.63, 3.8) is 0 Å². The summed E-state index contributed by atoms with van der Waals surface area (Å²) in [7, 11) is 7.09. The molecule has 4 aromatic rings.